The molecule has 0 radical (unpaired) electrons. The number of para-hydroxylation sites is 1. The molecular weight excluding hydrogens is 378 g/mol. The minimum Gasteiger partial charge on any atom is -0.455 e. The zero-order chi connectivity index (χ0) is 19.8. The highest BCUT2D eigenvalue weighted by atomic mass is 35.5. The van der Waals surface area contributed by atoms with Gasteiger partial charge in [-0.05, 0) is 43.3 Å². The number of ether oxygens (including phenoxy) is 1. The molecule has 6 nitrogen and oxygen atoms in total. The Morgan fingerprint density at radius 2 is 1.93 bits per heavy atom. The van der Waals surface area contributed by atoms with E-state index < -0.39 is 0 Å². The third kappa shape index (κ3) is 3.08. The fourth-order valence-electron chi connectivity index (χ4n) is 3.10. The number of ketones is 1. The number of fused-ring (bicyclic) bond motifs is 1. The lowest BCUT2D eigenvalue weighted by Gasteiger charge is -2.10. The largest absolute Gasteiger partial charge is 0.455 e. The van der Waals surface area contributed by atoms with Crippen LogP contribution in [-0.2, 0) is 7.05 Å². The number of pyridine rings is 1. The molecule has 0 atom stereocenters. The van der Waals surface area contributed by atoms with E-state index in [0.29, 0.717) is 38.7 Å². The van der Waals surface area contributed by atoms with E-state index in [0.717, 1.165) is 0 Å². The molecule has 0 spiro atoms. The number of H-pyrrole nitrogens is 1. The number of carbonyl (C=O) groups is 1. The van der Waals surface area contributed by atoms with Crippen molar-refractivity contribution in [1.29, 1.82) is 0 Å². The first-order valence-electron chi connectivity index (χ1n) is 8.57. The summed E-state index contributed by atoms with van der Waals surface area (Å²) in [5, 5.41) is 3.97. The van der Waals surface area contributed by atoms with Gasteiger partial charge in [0.2, 0.25) is 0 Å². The Morgan fingerprint density at radius 1 is 1.14 bits per heavy atom. The summed E-state index contributed by atoms with van der Waals surface area (Å²) in [5.74, 6) is 0.670. The Morgan fingerprint density at radius 3 is 2.64 bits per heavy atom. The summed E-state index contributed by atoms with van der Waals surface area (Å²) in [6.45, 7) is 1.70. The summed E-state index contributed by atoms with van der Waals surface area (Å²) in [5.41, 5.74) is 1.33. The normalized spacial score (nSPS) is 11.0. The van der Waals surface area contributed by atoms with Crippen LogP contribution in [-0.4, -0.2) is 20.5 Å². The summed E-state index contributed by atoms with van der Waals surface area (Å²) in [6, 6.07) is 13.9. The van der Waals surface area contributed by atoms with Crippen molar-refractivity contribution in [3.05, 3.63) is 86.9 Å². The maximum atomic E-state index is 13.0. The van der Waals surface area contributed by atoms with E-state index in [-0.39, 0.29) is 16.9 Å². The second-order valence-electron chi connectivity index (χ2n) is 6.38. The fraction of sp³-hybridized carbons (Fsp3) is 0.0952. The minimum atomic E-state index is -0.360. The molecule has 2 aromatic carbocycles. The van der Waals surface area contributed by atoms with Gasteiger partial charge in [0, 0.05) is 29.9 Å². The Balaban J connectivity index is 1.81. The summed E-state index contributed by atoms with van der Waals surface area (Å²) in [4.78, 5) is 29.5. The lowest BCUT2D eigenvalue weighted by atomic mass is 10.0. The molecule has 28 heavy (non-hydrogen) atoms. The van der Waals surface area contributed by atoms with E-state index in [1.54, 1.807) is 56.6 Å². The van der Waals surface area contributed by atoms with Crippen molar-refractivity contribution in [2.45, 2.75) is 6.92 Å². The minimum absolute atomic E-state index is 0.124. The molecule has 0 amide bonds. The van der Waals surface area contributed by atoms with Crippen LogP contribution in [0.5, 0.6) is 11.5 Å². The van der Waals surface area contributed by atoms with Crippen LogP contribution in [0.15, 0.2) is 59.5 Å². The van der Waals surface area contributed by atoms with E-state index in [4.69, 9.17) is 16.3 Å². The van der Waals surface area contributed by atoms with Crippen molar-refractivity contribution in [3.8, 4) is 11.5 Å². The Labute approximate surface area is 165 Å². The number of benzene rings is 2. The number of nitrogens with one attached hydrogen (secondary N) is 1. The van der Waals surface area contributed by atoms with Crippen molar-refractivity contribution in [1.82, 2.24) is 14.8 Å². The van der Waals surface area contributed by atoms with Crippen LogP contribution in [0.4, 0.5) is 0 Å². The maximum Gasteiger partial charge on any atom is 0.277 e. The lowest BCUT2D eigenvalue weighted by Crippen LogP contribution is -2.19. The average molecular weight is 394 g/mol. The molecule has 0 saturated carbocycles. The lowest BCUT2D eigenvalue weighted by molar-refractivity contribution is 0.103. The summed E-state index contributed by atoms with van der Waals surface area (Å²) < 4.78 is 7.25. The fourth-order valence-corrected chi connectivity index (χ4v) is 3.27. The number of aromatic amines is 1. The van der Waals surface area contributed by atoms with E-state index in [1.165, 1.54) is 4.68 Å². The number of rotatable bonds is 4. The van der Waals surface area contributed by atoms with Crippen LogP contribution in [0.3, 0.4) is 0 Å². The van der Waals surface area contributed by atoms with E-state index in [1.807, 2.05) is 12.1 Å². The standard InChI is InChI=1S/C21H16ClN3O3/c1-12-19(21(27)25(2)24-12)20(26)13-7-8-16-14(11-13)17(9-10-23-16)28-18-6-4-3-5-15(18)22/h3-11,24H,1-2H3. The van der Waals surface area contributed by atoms with Crippen LogP contribution in [0.1, 0.15) is 21.6 Å². The van der Waals surface area contributed by atoms with Crippen LogP contribution < -0.4 is 10.3 Å². The van der Waals surface area contributed by atoms with Gasteiger partial charge >= 0.3 is 0 Å². The summed E-state index contributed by atoms with van der Waals surface area (Å²) >= 11 is 6.19. The monoisotopic (exact) mass is 393 g/mol. The molecule has 0 aliphatic heterocycles. The van der Waals surface area contributed by atoms with Crippen LogP contribution in [0.25, 0.3) is 10.9 Å². The molecule has 0 unspecified atom stereocenters. The molecule has 2 aromatic heterocycles. The van der Waals surface area contributed by atoms with Crippen molar-refractivity contribution in [2.24, 2.45) is 7.05 Å². The van der Waals surface area contributed by atoms with Gasteiger partial charge in [-0.25, -0.2) is 0 Å². The number of hydrogen-bond donors (Lipinski definition) is 1. The number of halogens is 1. The van der Waals surface area contributed by atoms with Gasteiger partial charge in [0.15, 0.2) is 5.78 Å². The number of nitrogens with zero attached hydrogens (tertiary/aromatic N) is 2. The third-order valence-corrected chi connectivity index (χ3v) is 4.79. The van der Waals surface area contributed by atoms with Crippen molar-refractivity contribution in [2.75, 3.05) is 0 Å². The van der Waals surface area contributed by atoms with Gasteiger partial charge in [0.25, 0.3) is 5.56 Å². The number of aromatic nitrogens is 3. The first kappa shape index (κ1) is 18.0. The van der Waals surface area contributed by atoms with Gasteiger partial charge in [-0.2, -0.15) is 0 Å². The molecule has 0 fully saturated rings. The zero-order valence-electron chi connectivity index (χ0n) is 15.2. The molecule has 7 heteroatoms. The molecule has 4 aromatic rings. The van der Waals surface area contributed by atoms with Crippen molar-refractivity contribution < 1.29 is 9.53 Å². The molecular formula is C21H16ClN3O3. The highest BCUT2D eigenvalue weighted by Crippen LogP contribution is 2.33. The molecule has 0 saturated heterocycles. The van der Waals surface area contributed by atoms with Gasteiger partial charge in [-0.3, -0.25) is 24.4 Å². The molecule has 2 heterocycles. The van der Waals surface area contributed by atoms with E-state index >= 15 is 0 Å². The predicted octanol–water partition coefficient (Wildman–Crippen LogP) is 4.25. The van der Waals surface area contributed by atoms with Gasteiger partial charge in [-0.15, -0.1) is 0 Å². The Bertz CT molecular complexity index is 1270. The number of aryl methyl sites for hydroxylation is 2. The molecule has 0 aliphatic carbocycles. The predicted molar refractivity (Wildman–Crippen MR) is 107 cm³/mol. The smallest absolute Gasteiger partial charge is 0.277 e. The molecule has 1 N–H and O–H groups in total. The topological polar surface area (TPSA) is 77.0 Å². The first-order valence-corrected chi connectivity index (χ1v) is 8.95. The van der Waals surface area contributed by atoms with Gasteiger partial charge in [0.1, 0.15) is 17.1 Å². The second kappa shape index (κ2) is 6.98. The quantitative estimate of drug-likeness (QED) is 0.526. The summed E-state index contributed by atoms with van der Waals surface area (Å²) in [6.07, 6.45) is 1.63. The molecule has 0 aliphatic rings. The van der Waals surface area contributed by atoms with E-state index in [9.17, 15) is 9.59 Å². The van der Waals surface area contributed by atoms with Crippen LogP contribution >= 0.6 is 11.6 Å². The Kier molecular flexibility index (Phi) is 4.49. The zero-order valence-corrected chi connectivity index (χ0v) is 15.9. The van der Waals surface area contributed by atoms with Crippen LogP contribution in [0.2, 0.25) is 5.02 Å². The second-order valence-corrected chi connectivity index (χ2v) is 6.79. The SMILES string of the molecule is Cc1[nH]n(C)c(=O)c1C(=O)c1ccc2nccc(Oc3ccccc3Cl)c2c1. The highest BCUT2D eigenvalue weighted by molar-refractivity contribution is 6.32. The average Bonchev–Trinajstić information content (AvgIpc) is 2.94. The summed E-state index contributed by atoms with van der Waals surface area (Å²) in [7, 11) is 1.58. The molecule has 0 bridgehead atoms. The van der Waals surface area contributed by atoms with E-state index in [2.05, 4.69) is 10.1 Å². The van der Waals surface area contributed by atoms with Crippen molar-refractivity contribution >= 4 is 28.3 Å². The molecule has 4 rings (SSSR count). The van der Waals surface area contributed by atoms with Gasteiger partial charge < -0.3 is 4.74 Å². The number of hydrogen-bond acceptors (Lipinski definition) is 4. The van der Waals surface area contributed by atoms with Gasteiger partial charge in [0.05, 0.1) is 10.5 Å². The van der Waals surface area contributed by atoms with Gasteiger partial charge in [-0.1, -0.05) is 23.7 Å². The van der Waals surface area contributed by atoms with Crippen LogP contribution in [0, 0.1) is 6.92 Å². The third-order valence-electron chi connectivity index (χ3n) is 4.48. The highest BCUT2D eigenvalue weighted by Gasteiger charge is 2.20. The first-order chi connectivity index (χ1) is 13.5. The number of carbonyl (C=O) groups excluding carboxylic acids is 1. The van der Waals surface area contributed by atoms with Crippen molar-refractivity contribution in [3.63, 3.8) is 0 Å². The molecule has 140 valence electrons. The maximum absolute atomic E-state index is 13.0. The Hall–Kier alpha value is -3.38.